The minimum Gasteiger partial charge on any atom is -0.360 e. The molecule has 1 heterocycles. The maximum atomic E-state index is 12.1. The monoisotopic (exact) mass is 294 g/mol. The van der Waals surface area contributed by atoms with Crippen LogP contribution in [0.15, 0.2) is 29.2 Å². The molecule has 2 rings (SSSR count). The number of nitrogens with one attached hydrogen (secondary N) is 2. The second kappa shape index (κ2) is 6.53. The molecule has 0 atom stereocenters. The topological polar surface area (TPSA) is 66.9 Å². The number of nitrogens with zero attached hydrogens (tertiary/aromatic N) is 2. The Labute approximate surface area is 119 Å². The molecule has 2 aromatic rings. The fraction of sp³-hybridized carbons (Fsp3) is 0.250. The van der Waals surface area contributed by atoms with Crippen LogP contribution in [0.1, 0.15) is 16.7 Å². The quantitative estimate of drug-likeness (QED) is 0.830. The zero-order chi connectivity index (χ0) is 13.7. The number of para-hydroxylation sites is 1. The van der Waals surface area contributed by atoms with Crippen LogP contribution in [0.3, 0.4) is 0 Å². The van der Waals surface area contributed by atoms with Crippen molar-refractivity contribution in [3.63, 3.8) is 0 Å². The Morgan fingerprint density at radius 1 is 1.37 bits per heavy atom. The first-order valence-electron chi connectivity index (χ1n) is 5.76. The van der Waals surface area contributed by atoms with E-state index in [4.69, 9.17) is 0 Å². The highest BCUT2D eigenvalue weighted by atomic mass is 32.2. The maximum Gasteiger partial charge on any atom is 0.286 e. The van der Waals surface area contributed by atoms with Crippen molar-refractivity contribution in [2.75, 3.05) is 23.4 Å². The van der Waals surface area contributed by atoms with Crippen molar-refractivity contribution in [3.05, 3.63) is 29.3 Å². The molecule has 0 bridgehead atoms. The molecule has 2 N–H and O–H groups in total. The van der Waals surface area contributed by atoms with Crippen LogP contribution in [0.2, 0.25) is 0 Å². The van der Waals surface area contributed by atoms with Gasteiger partial charge in [0.2, 0.25) is 10.1 Å². The molecule has 1 aromatic carbocycles. The number of rotatable bonds is 5. The van der Waals surface area contributed by atoms with Gasteiger partial charge >= 0.3 is 0 Å². The van der Waals surface area contributed by atoms with Crippen molar-refractivity contribution in [2.24, 2.45) is 0 Å². The Kier molecular flexibility index (Phi) is 4.75. The fourth-order valence-electron chi connectivity index (χ4n) is 1.46. The predicted octanol–water partition coefficient (Wildman–Crippen LogP) is 2.94. The molecule has 7 heteroatoms. The lowest BCUT2D eigenvalue weighted by molar-refractivity contribution is 0.102. The molecule has 0 aliphatic carbocycles. The Balaban J connectivity index is 2.11. The smallest absolute Gasteiger partial charge is 0.286 e. The van der Waals surface area contributed by atoms with Gasteiger partial charge in [0.15, 0.2) is 0 Å². The van der Waals surface area contributed by atoms with E-state index in [0.29, 0.717) is 10.1 Å². The summed E-state index contributed by atoms with van der Waals surface area (Å²) < 4.78 is 0. The Bertz CT molecular complexity index is 570. The van der Waals surface area contributed by atoms with Crippen LogP contribution in [0.25, 0.3) is 0 Å². The molecule has 5 nitrogen and oxygen atoms in total. The minimum atomic E-state index is -0.233. The normalized spacial score (nSPS) is 10.2. The third-order valence-corrected chi connectivity index (χ3v) is 3.98. The first-order chi connectivity index (χ1) is 9.24. The highest BCUT2D eigenvalue weighted by molar-refractivity contribution is 7.98. The Hall–Kier alpha value is -1.60. The first kappa shape index (κ1) is 13.8. The molecular weight excluding hydrogens is 280 g/mol. The third-order valence-electron chi connectivity index (χ3n) is 2.30. The number of benzene rings is 1. The first-order valence-corrected chi connectivity index (χ1v) is 7.80. The Morgan fingerprint density at radius 3 is 2.89 bits per heavy atom. The molecule has 100 valence electrons. The molecule has 0 spiro atoms. The van der Waals surface area contributed by atoms with E-state index in [1.54, 1.807) is 11.8 Å². The van der Waals surface area contributed by atoms with Crippen LogP contribution in [0, 0.1) is 0 Å². The summed E-state index contributed by atoms with van der Waals surface area (Å²) in [7, 11) is 0. The number of carbonyl (C=O) groups is 1. The van der Waals surface area contributed by atoms with Crippen LogP contribution in [-0.2, 0) is 0 Å². The summed E-state index contributed by atoms with van der Waals surface area (Å²) in [4.78, 5) is 13.1. The molecule has 0 saturated heterocycles. The molecule has 19 heavy (non-hydrogen) atoms. The van der Waals surface area contributed by atoms with Crippen LogP contribution in [0.5, 0.6) is 0 Å². The molecular formula is C12H14N4OS2. The number of amides is 1. The lowest BCUT2D eigenvalue weighted by Gasteiger charge is -2.07. The van der Waals surface area contributed by atoms with E-state index < -0.39 is 0 Å². The standard InChI is InChI=1S/C12H14N4OS2/c1-3-13-12-16-15-11(19-12)10(17)14-8-6-4-5-7-9(8)18-2/h4-7H,3H2,1-2H3,(H,13,16)(H,14,17). The largest absolute Gasteiger partial charge is 0.360 e. The molecule has 0 aliphatic heterocycles. The van der Waals surface area contributed by atoms with Crippen molar-refractivity contribution >= 4 is 39.8 Å². The summed E-state index contributed by atoms with van der Waals surface area (Å²) in [5.74, 6) is -0.233. The van der Waals surface area contributed by atoms with Gasteiger partial charge in [-0.25, -0.2) is 0 Å². The van der Waals surface area contributed by atoms with Gasteiger partial charge < -0.3 is 10.6 Å². The van der Waals surface area contributed by atoms with Crippen LogP contribution < -0.4 is 10.6 Å². The number of hydrogen-bond acceptors (Lipinski definition) is 6. The fourth-order valence-corrected chi connectivity index (χ4v) is 2.72. The average Bonchev–Trinajstić information content (AvgIpc) is 2.88. The summed E-state index contributed by atoms with van der Waals surface area (Å²) in [6, 6.07) is 7.66. The van der Waals surface area contributed by atoms with E-state index in [9.17, 15) is 4.79 Å². The lowest BCUT2D eigenvalue weighted by Crippen LogP contribution is -2.12. The lowest BCUT2D eigenvalue weighted by atomic mass is 10.3. The summed E-state index contributed by atoms with van der Waals surface area (Å²) in [6.45, 7) is 2.72. The highest BCUT2D eigenvalue weighted by Gasteiger charge is 2.14. The maximum absolute atomic E-state index is 12.1. The van der Waals surface area contributed by atoms with E-state index in [0.717, 1.165) is 17.1 Å². The molecule has 0 saturated carbocycles. The van der Waals surface area contributed by atoms with Crippen LogP contribution >= 0.6 is 23.1 Å². The van der Waals surface area contributed by atoms with E-state index in [2.05, 4.69) is 20.8 Å². The average molecular weight is 294 g/mol. The van der Waals surface area contributed by atoms with Gasteiger partial charge in [-0.1, -0.05) is 23.5 Å². The van der Waals surface area contributed by atoms with Gasteiger partial charge in [0.1, 0.15) is 0 Å². The number of carbonyl (C=O) groups excluding carboxylic acids is 1. The molecule has 1 amide bonds. The summed E-state index contributed by atoms with van der Waals surface area (Å²) >= 11 is 2.83. The van der Waals surface area contributed by atoms with Crippen molar-refractivity contribution in [1.29, 1.82) is 0 Å². The molecule has 0 fully saturated rings. The van der Waals surface area contributed by atoms with Crippen molar-refractivity contribution in [2.45, 2.75) is 11.8 Å². The van der Waals surface area contributed by atoms with E-state index >= 15 is 0 Å². The molecule has 0 aliphatic rings. The Morgan fingerprint density at radius 2 is 2.16 bits per heavy atom. The zero-order valence-corrected chi connectivity index (χ0v) is 12.3. The van der Waals surface area contributed by atoms with Crippen LogP contribution in [-0.4, -0.2) is 28.9 Å². The van der Waals surface area contributed by atoms with Gasteiger partial charge in [-0.2, -0.15) is 0 Å². The van der Waals surface area contributed by atoms with E-state index in [1.165, 1.54) is 11.3 Å². The van der Waals surface area contributed by atoms with Gasteiger partial charge in [0.05, 0.1) is 5.69 Å². The second-order valence-electron chi connectivity index (χ2n) is 3.60. The molecule has 0 radical (unpaired) electrons. The minimum absolute atomic E-state index is 0.233. The number of aromatic nitrogens is 2. The van der Waals surface area contributed by atoms with Gasteiger partial charge in [0, 0.05) is 11.4 Å². The number of anilines is 2. The van der Waals surface area contributed by atoms with Gasteiger partial charge in [-0.05, 0) is 25.3 Å². The highest BCUT2D eigenvalue weighted by Crippen LogP contribution is 2.25. The summed E-state index contributed by atoms with van der Waals surface area (Å²) in [6.07, 6.45) is 1.97. The van der Waals surface area contributed by atoms with Gasteiger partial charge in [-0.15, -0.1) is 22.0 Å². The predicted molar refractivity (Wildman–Crippen MR) is 80.2 cm³/mol. The molecule has 1 aromatic heterocycles. The van der Waals surface area contributed by atoms with E-state index in [1.807, 2.05) is 37.4 Å². The SMILES string of the molecule is CCNc1nnc(C(=O)Nc2ccccc2SC)s1. The van der Waals surface area contributed by atoms with Crippen molar-refractivity contribution < 1.29 is 4.79 Å². The number of hydrogen-bond donors (Lipinski definition) is 2. The van der Waals surface area contributed by atoms with Crippen molar-refractivity contribution in [3.8, 4) is 0 Å². The van der Waals surface area contributed by atoms with E-state index in [-0.39, 0.29) is 5.91 Å². The van der Waals surface area contributed by atoms with Gasteiger partial charge in [0.25, 0.3) is 5.91 Å². The molecule has 0 unspecified atom stereocenters. The zero-order valence-electron chi connectivity index (χ0n) is 10.6. The van der Waals surface area contributed by atoms with Crippen LogP contribution in [0.4, 0.5) is 10.8 Å². The van der Waals surface area contributed by atoms with Gasteiger partial charge in [-0.3, -0.25) is 4.79 Å². The second-order valence-corrected chi connectivity index (χ2v) is 5.42. The van der Waals surface area contributed by atoms with Crippen molar-refractivity contribution in [1.82, 2.24) is 10.2 Å². The third kappa shape index (κ3) is 3.45. The summed E-state index contributed by atoms with van der Waals surface area (Å²) in [5.41, 5.74) is 0.792. The summed E-state index contributed by atoms with van der Waals surface area (Å²) in [5, 5.41) is 14.7. The number of thioether (sulfide) groups is 1.